The number of anilines is 1. The van der Waals surface area contributed by atoms with Crippen LogP contribution in [0.25, 0.3) is 0 Å². The maximum Gasteiger partial charge on any atom is 0.241 e. The second-order valence-corrected chi connectivity index (χ2v) is 8.16. The van der Waals surface area contributed by atoms with Crippen LogP contribution in [0.1, 0.15) is 29.5 Å². The van der Waals surface area contributed by atoms with Crippen LogP contribution in [-0.4, -0.2) is 35.4 Å². The van der Waals surface area contributed by atoms with Gasteiger partial charge in [-0.25, -0.2) is 8.42 Å². The number of sulfone groups is 1. The van der Waals surface area contributed by atoms with Gasteiger partial charge in [0.1, 0.15) is 11.5 Å². The van der Waals surface area contributed by atoms with E-state index in [4.69, 9.17) is 9.05 Å². The maximum absolute atomic E-state index is 12.2. The predicted octanol–water partition coefficient (Wildman–Crippen LogP) is 1.90. The minimum Gasteiger partial charge on any atom is -0.360 e. The van der Waals surface area contributed by atoms with Gasteiger partial charge < -0.3 is 14.4 Å². The Balaban J connectivity index is 1.51. The molecule has 0 atom stereocenters. The molecular weight excluding hydrogens is 372 g/mol. The molecule has 9 nitrogen and oxygen atoms in total. The minimum atomic E-state index is -3.58. The number of rotatable bonds is 8. The van der Waals surface area contributed by atoms with Gasteiger partial charge in [0.2, 0.25) is 11.8 Å². The number of benzene rings is 1. The zero-order chi connectivity index (χ0) is 19.3. The lowest BCUT2D eigenvalue weighted by Crippen LogP contribution is -2.18. The van der Waals surface area contributed by atoms with Crippen LogP contribution >= 0.6 is 0 Å². The number of amides is 1. The fraction of sp³-hybridized carbons (Fsp3) is 0.294. The number of hydrogen-bond donors (Lipinski definition) is 1. The Morgan fingerprint density at radius 3 is 2.63 bits per heavy atom. The molecule has 1 aromatic carbocycles. The first kappa shape index (κ1) is 18.8. The molecule has 0 bridgehead atoms. The Morgan fingerprint density at radius 2 is 1.93 bits per heavy atom. The van der Waals surface area contributed by atoms with Gasteiger partial charge >= 0.3 is 0 Å². The SMILES string of the molecule is Cc1cc(NC(=O)CCS(=O)(=O)Cc2nc(Cc3ccccc3)no2)no1. The summed E-state index contributed by atoms with van der Waals surface area (Å²) in [6.45, 7) is 1.68. The van der Waals surface area contributed by atoms with Crippen molar-refractivity contribution in [2.75, 3.05) is 11.1 Å². The van der Waals surface area contributed by atoms with Gasteiger partial charge in [-0.05, 0) is 12.5 Å². The van der Waals surface area contributed by atoms with E-state index in [-0.39, 0.29) is 23.9 Å². The van der Waals surface area contributed by atoms with Crippen molar-refractivity contribution in [1.29, 1.82) is 0 Å². The van der Waals surface area contributed by atoms with Crippen molar-refractivity contribution in [2.24, 2.45) is 0 Å². The number of aromatic nitrogens is 3. The van der Waals surface area contributed by atoms with E-state index in [1.807, 2.05) is 30.3 Å². The Bertz CT molecular complexity index is 1010. The van der Waals surface area contributed by atoms with E-state index in [1.165, 1.54) is 0 Å². The number of hydrogen-bond acceptors (Lipinski definition) is 8. The van der Waals surface area contributed by atoms with Crippen molar-refractivity contribution in [3.8, 4) is 0 Å². The fourth-order valence-electron chi connectivity index (χ4n) is 2.34. The van der Waals surface area contributed by atoms with Crippen LogP contribution in [0.2, 0.25) is 0 Å². The van der Waals surface area contributed by atoms with Crippen molar-refractivity contribution in [2.45, 2.75) is 25.5 Å². The van der Waals surface area contributed by atoms with Gasteiger partial charge in [-0.15, -0.1) is 0 Å². The molecule has 0 aliphatic carbocycles. The first-order valence-corrected chi connectivity index (χ1v) is 10.0. The molecule has 2 heterocycles. The lowest BCUT2D eigenvalue weighted by molar-refractivity contribution is -0.115. The summed E-state index contributed by atoms with van der Waals surface area (Å²) in [4.78, 5) is 15.9. The van der Waals surface area contributed by atoms with Gasteiger partial charge in [0.15, 0.2) is 21.5 Å². The van der Waals surface area contributed by atoms with Crippen LogP contribution in [0.3, 0.4) is 0 Å². The second kappa shape index (κ2) is 8.12. The fourth-order valence-corrected chi connectivity index (χ4v) is 3.47. The van der Waals surface area contributed by atoms with Gasteiger partial charge in [0.05, 0.1) is 5.75 Å². The Kier molecular flexibility index (Phi) is 5.65. The smallest absolute Gasteiger partial charge is 0.241 e. The summed E-state index contributed by atoms with van der Waals surface area (Å²) < 4.78 is 34.2. The topological polar surface area (TPSA) is 128 Å². The van der Waals surface area contributed by atoms with Crippen LogP contribution < -0.4 is 5.32 Å². The number of carbonyl (C=O) groups is 1. The molecule has 0 radical (unpaired) electrons. The normalized spacial score (nSPS) is 11.4. The third-order valence-electron chi connectivity index (χ3n) is 3.59. The number of carbonyl (C=O) groups excluding carboxylic acids is 1. The molecule has 1 amide bonds. The van der Waals surface area contributed by atoms with Crippen LogP contribution in [0.4, 0.5) is 5.82 Å². The molecule has 0 aliphatic rings. The minimum absolute atomic E-state index is 0.00784. The lowest BCUT2D eigenvalue weighted by Gasteiger charge is -2.02. The molecule has 1 N–H and O–H groups in total. The highest BCUT2D eigenvalue weighted by atomic mass is 32.2. The van der Waals surface area contributed by atoms with Gasteiger partial charge in [0.25, 0.3) is 0 Å². The largest absolute Gasteiger partial charge is 0.360 e. The zero-order valence-electron chi connectivity index (χ0n) is 14.6. The van der Waals surface area contributed by atoms with Crippen molar-refractivity contribution >= 4 is 21.6 Å². The highest BCUT2D eigenvalue weighted by Crippen LogP contribution is 2.11. The molecule has 3 rings (SSSR count). The Labute approximate surface area is 155 Å². The second-order valence-electron chi connectivity index (χ2n) is 5.98. The molecule has 2 aromatic heterocycles. The zero-order valence-corrected chi connectivity index (χ0v) is 15.4. The molecule has 3 aromatic rings. The first-order chi connectivity index (χ1) is 12.9. The van der Waals surface area contributed by atoms with E-state index < -0.39 is 21.5 Å². The average Bonchev–Trinajstić information content (AvgIpc) is 3.22. The number of aryl methyl sites for hydroxylation is 1. The van der Waals surface area contributed by atoms with Crippen LogP contribution in [0.5, 0.6) is 0 Å². The average molecular weight is 390 g/mol. The molecular formula is C17H18N4O5S. The van der Waals surface area contributed by atoms with E-state index in [0.29, 0.717) is 18.0 Å². The Hall–Kier alpha value is -3.01. The maximum atomic E-state index is 12.2. The van der Waals surface area contributed by atoms with E-state index in [9.17, 15) is 13.2 Å². The van der Waals surface area contributed by atoms with Crippen LogP contribution in [0, 0.1) is 6.92 Å². The molecule has 0 unspecified atom stereocenters. The van der Waals surface area contributed by atoms with Gasteiger partial charge in [-0.2, -0.15) is 4.98 Å². The van der Waals surface area contributed by atoms with Gasteiger partial charge in [-0.1, -0.05) is 40.6 Å². The van der Waals surface area contributed by atoms with Crippen molar-refractivity contribution < 1.29 is 22.3 Å². The molecule has 0 spiro atoms. The van der Waals surface area contributed by atoms with Crippen molar-refractivity contribution in [3.63, 3.8) is 0 Å². The summed E-state index contributed by atoms with van der Waals surface area (Å²) in [6, 6.07) is 11.1. The van der Waals surface area contributed by atoms with Crippen molar-refractivity contribution in [3.05, 3.63) is 59.4 Å². The third-order valence-corrected chi connectivity index (χ3v) is 5.11. The first-order valence-electron chi connectivity index (χ1n) is 8.18. The molecule has 27 heavy (non-hydrogen) atoms. The molecule has 10 heteroatoms. The van der Waals surface area contributed by atoms with E-state index in [1.54, 1.807) is 13.0 Å². The highest BCUT2D eigenvalue weighted by molar-refractivity contribution is 7.90. The monoisotopic (exact) mass is 390 g/mol. The quantitative estimate of drug-likeness (QED) is 0.617. The summed E-state index contributed by atoms with van der Waals surface area (Å²) in [6.07, 6.45) is 0.239. The van der Waals surface area contributed by atoms with E-state index in [2.05, 4.69) is 20.6 Å². The molecule has 0 saturated heterocycles. The van der Waals surface area contributed by atoms with Gasteiger partial charge in [0, 0.05) is 18.9 Å². The van der Waals surface area contributed by atoms with Gasteiger partial charge in [-0.3, -0.25) is 4.79 Å². The van der Waals surface area contributed by atoms with Crippen LogP contribution in [0.15, 0.2) is 45.4 Å². The van der Waals surface area contributed by atoms with E-state index >= 15 is 0 Å². The summed E-state index contributed by atoms with van der Waals surface area (Å²) in [5, 5.41) is 9.89. The third kappa shape index (κ3) is 5.74. The summed E-state index contributed by atoms with van der Waals surface area (Å²) in [5.74, 6) is -0.0174. The lowest BCUT2D eigenvalue weighted by atomic mass is 10.1. The predicted molar refractivity (Wildman–Crippen MR) is 95.5 cm³/mol. The summed E-state index contributed by atoms with van der Waals surface area (Å²) in [5.41, 5.74) is 0.993. The standard InChI is InChI=1S/C17H18N4O5S/c1-12-9-14(20-25-12)18-16(22)7-8-27(23,24)11-17-19-15(21-26-17)10-13-5-3-2-4-6-13/h2-6,9H,7-8,10-11H2,1H3,(H,18,20,22). The molecule has 0 fully saturated rings. The Morgan fingerprint density at radius 1 is 1.15 bits per heavy atom. The number of nitrogens with zero attached hydrogens (tertiary/aromatic N) is 3. The molecule has 142 valence electrons. The molecule has 0 aliphatic heterocycles. The number of nitrogens with one attached hydrogen (secondary N) is 1. The van der Waals surface area contributed by atoms with Crippen molar-refractivity contribution in [1.82, 2.24) is 15.3 Å². The van der Waals surface area contributed by atoms with Crippen LogP contribution in [-0.2, 0) is 26.8 Å². The summed E-state index contributed by atoms with van der Waals surface area (Å²) in [7, 11) is -3.58. The molecule has 0 saturated carbocycles. The summed E-state index contributed by atoms with van der Waals surface area (Å²) >= 11 is 0. The van der Waals surface area contributed by atoms with E-state index in [0.717, 1.165) is 5.56 Å². The highest BCUT2D eigenvalue weighted by Gasteiger charge is 2.19.